The van der Waals surface area contributed by atoms with Crippen LogP contribution in [-0.2, 0) is 4.79 Å². The van der Waals surface area contributed by atoms with Crippen LogP contribution in [0.15, 0.2) is 0 Å². The number of nitrogens with one attached hydrogen (secondary N) is 1. The Morgan fingerprint density at radius 3 is 2.87 bits per heavy atom. The second-order valence-electron chi connectivity index (χ2n) is 4.86. The molecule has 2 rings (SSSR count). The van der Waals surface area contributed by atoms with Gasteiger partial charge in [0.05, 0.1) is 5.92 Å². The zero-order valence-electron chi connectivity index (χ0n) is 9.28. The predicted molar refractivity (Wildman–Crippen MR) is 57.3 cm³/mol. The normalized spacial score (nSPS) is 36.1. The monoisotopic (exact) mass is 212 g/mol. The van der Waals surface area contributed by atoms with E-state index in [-0.39, 0.29) is 18.4 Å². The first-order valence-corrected chi connectivity index (χ1v) is 5.82. The highest BCUT2D eigenvalue weighted by Gasteiger charge is 2.35. The van der Waals surface area contributed by atoms with Gasteiger partial charge in [0.2, 0.25) is 5.91 Å². The van der Waals surface area contributed by atoms with Crippen LogP contribution in [-0.4, -0.2) is 48.7 Å². The molecule has 4 nitrogen and oxygen atoms in total. The van der Waals surface area contributed by atoms with E-state index >= 15 is 0 Å². The molecule has 86 valence electrons. The van der Waals surface area contributed by atoms with Crippen molar-refractivity contribution in [2.75, 3.05) is 32.8 Å². The summed E-state index contributed by atoms with van der Waals surface area (Å²) in [7, 11) is 0. The van der Waals surface area contributed by atoms with Gasteiger partial charge in [-0.15, -0.1) is 0 Å². The molecule has 15 heavy (non-hydrogen) atoms. The molecule has 0 saturated carbocycles. The molecule has 2 fully saturated rings. The van der Waals surface area contributed by atoms with Gasteiger partial charge in [-0.25, -0.2) is 0 Å². The number of amides is 1. The molecule has 0 radical (unpaired) electrons. The molecule has 2 saturated heterocycles. The molecular weight excluding hydrogens is 192 g/mol. The van der Waals surface area contributed by atoms with E-state index in [1.54, 1.807) is 0 Å². The van der Waals surface area contributed by atoms with Crippen molar-refractivity contribution in [3.63, 3.8) is 0 Å². The number of nitrogens with zero attached hydrogens (tertiary/aromatic N) is 1. The maximum atomic E-state index is 12.1. The highest BCUT2D eigenvalue weighted by Crippen LogP contribution is 2.23. The number of carbonyl (C=O) groups is 1. The summed E-state index contributed by atoms with van der Waals surface area (Å²) >= 11 is 0. The Morgan fingerprint density at radius 1 is 1.53 bits per heavy atom. The van der Waals surface area contributed by atoms with Gasteiger partial charge >= 0.3 is 0 Å². The van der Waals surface area contributed by atoms with Crippen LogP contribution in [0.2, 0.25) is 0 Å². The van der Waals surface area contributed by atoms with Crippen molar-refractivity contribution >= 4 is 5.91 Å². The van der Waals surface area contributed by atoms with Crippen molar-refractivity contribution in [2.24, 2.45) is 17.8 Å². The smallest absolute Gasteiger partial charge is 0.227 e. The van der Waals surface area contributed by atoms with Crippen molar-refractivity contribution in [3.8, 4) is 0 Å². The second kappa shape index (κ2) is 4.49. The van der Waals surface area contributed by atoms with Gasteiger partial charge in [-0.3, -0.25) is 4.79 Å². The van der Waals surface area contributed by atoms with Crippen LogP contribution < -0.4 is 5.32 Å². The lowest BCUT2D eigenvalue weighted by atomic mass is 9.97. The number of likely N-dealkylation sites (tertiary alicyclic amines) is 1. The van der Waals surface area contributed by atoms with E-state index in [1.165, 1.54) is 0 Å². The molecule has 0 aromatic heterocycles. The highest BCUT2D eigenvalue weighted by molar-refractivity contribution is 5.80. The Labute approximate surface area is 90.6 Å². The van der Waals surface area contributed by atoms with Gasteiger partial charge in [0, 0.05) is 32.2 Å². The minimum Gasteiger partial charge on any atom is -0.396 e. The van der Waals surface area contributed by atoms with Gasteiger partial charge in [-0.1, -0.05) is 6.92 Å². The third-order valence-electron chi connectivity index (χ3n) is 3.69. The van der Waals surface area contributed by atoms with Crippen molar-refractivity contribution in [1.82, 2.24) is 10.2 Å². The van der Waals surface area contributed by atoms with E-state index in [0.717, 1.165) is 32.6 Å². The fourth-order valence-corrected chi connectivity index (χ4v) is 2.56. The molecule has 0 aromatic carbocycles. The summed E-state index contributed by atoms with van der Waals surface area (Å²) in [5, 5.41) is 12.3. The quantitative estimate of drug-likeness (QED) is 0.660. The zero-order chi connectivity index (χ0) is 10.8. The van der Waals surface area contributed by atoms with Gasteiger partial charge in [-0.2, -0.15) is 0 Å². The van der Waals surface area contributed by atoms with E-state index in [0.29, 0.717) is 11.8 Å². The van der Waals surface area contributed by atoms with Crippen LogP contribution in [0.25, 0.3) is 0 Å². The fourth-order valence-electron chi connectivity index (χ4n) is 2.56. The molecule has 2 aliphatic heterocycles. The molecule has 1 amide bonds. The van der Waals surface area contributed by atoms with E-state index in [9.17, 15) is 4.79 Å². The topological polar surface area (TPSA) is 52.6 Å². The lowest BCUT2D eigenvalue weighted by molar-refractivity contribution is -0.135. The first-order chi connectivity index (χ1) is 7.22. The lowest BCUT2D eigenvalue weighted by Crippen LogP contribution is -2.37. The van der Waals surface area contributed by atoms with Gasteiger partial charge in [0.1, 0.15) is 0 Å². The highest BCUT2D eigenvalue weighted by atomic mass is 16.3. The molecule has 2 aliphatic rings. The number of aliphatic hydroxyl groups is 1. The van der Waals surface area contributed by atoms with Gasteiger partial charge in [0.25, 0.3) is 0 Å². The lowest BCUT2D eigenvalue weighted by Gasteiger charge is -2.22. The van der Waals surface area contributed by atoms with Crippen LogP contribution in [0.4, 0.5) is 0 Å². The van der Waals surface area contributed by atoms with E-state index in [1.807, 2.05) is 4.90 Å². The predicted octanol–water partition coefficient (Wildman–Crippen LogP) is -0.317. The molecule has 2 heterocycles. The molecule has 0 aromatic rings. The van der Waals surface area contributed by atoms with E-state index in [2.05, 4.69) is 12.2 Å². The van der Waals surface area contributed by atoms with Crippen molar-refractivity contribution in [2.45, 2.75) is 13.3 Å². The summed E-state index contributed by atoms with van der Waals surface area (Å²) < 4.78 is 0. The number of aliphatic hydroxyl groups excluding tert-OH is 1. The van der Waals surface area contributed by atoms with E-state index in [4.69, 9.17) is 5.11 Å². The fraction of sp³-hybridized carbons (Fsp3) is 0.909. The second-order valence-corrected chi connectivity index (χ2v) is 4.86. The summed E-state index contributed by atoms with van der Waals surface area (Å²) in [4.78, 5) is 14.0. The Hall–Kier alpha value is -0.610. The van der Waals surface area contributed by atoms with Gasteiger partial charge < -0.3 is 15.3 Å². The number of carbonyl (C=O) groups excluding carboxylic acids is 1. The SMILES string of the molecule is C[C@@H]1CNC[C@H]1C(=O)N1CCC(CO)C1. The minimum absolute atomic E-state index is 0.155. The summed E-state index contributed by atoms with van der Waals surface area (Å²) in [5.41, 5.74) is 0. The largest absolute Gasteiger partial charge is 0.396 e. The van der Waals surface area contributed by atoms with Crippen molar-refractivity contribution < 1.29 is 9.90 Å². The van der Waals surface area contributed by atoms with Gasteiger partial charge in [-0.05, 0) is 18.9 Å². The molecule has 0 spiro atoms. The Kier molecular flexibility index (Phi) is 3.26. The minimum atomic E-state index is 0.155. The number of rotatable bonds is 2. The van der Waals surface area contributed by atoms with Crippen LogP contribution >= 0.6 is 0 Å². The molecule has 0 aliphatic carbocycles. The Balaban J connectivity index is 1.91. The third-order valence-corrected chi connectivity index (χ3v) is 3.69. The summed E-state index contributed by atoms with van der Waals surface area (Å²) in [6.07, 6.45) is 0.955. The Morgan fingerprint density at radius 2 is 2.33 bits per heavy atom. The average Bonchev–Trinajstić information content (AvgIpc) is 2.84. The maximum Gasteiger partial charge on any atom is 0.227 e. The molecular formula is C11H20N2O2. The molecule has 4 heteroatoms. The standard InChI is InChI=1S/C11H20N2O2/c1-8-4-12-5-10(8)11(15)13-3-2-9(6-13)7-14/h8-10,12,14H,2-7H2,1H3/t8-,9?,10-/m1/s1. The van der Waals surface area contributed by atoms with E-state index < -0.39 is 0 Å². The van der Waals surface area contributed by atoms with Crippen LogP contribution in [0, 0.1) is 17.8 Å². The van der Waals surface area contributed by atoms with Crippen LogP contribution in [0.1, 0.15) is 13.3 Å². The summed E-state index contributed by atoms with van der Waals surface area (Å²) in [5.74, 6) is 1.19. The Bertz CT molecular complexity index is 245. The molecule has 1 unspecified atom stereocenters. The zero-order valence-corrected chi connectivity index (χ0v) is 9.28. The third kappa shape index (κ3) is 2.16. The maximum absolute atomic E-state index is 12.1. The number of hydrogen-bond acceptors (Lipinski definition) is 3. The van der Waals surface area contributed by atoms with Gasteiger partial charge in [0.15, 0.2) is 0 Å². The van der Waals surface area contributed by atoms with Crippen LogP contribution in [0.3, 0.4) is 0 Å². The average molecular weight is 212 g/mol. The van der Waals surface area contributed by atoms with Crippen molar-refractivity contribution in [1.29, 1.82) is 0 Å². The van der Waals surface area contributed by atoms with Crippen molar-refractivity contribution in [3.05, 3.63) is 0 Å². The molecule has 2 N–H and O–H groups in total. The van der Waals surface area contributed by atoms with Crippen LogP contribution in [0.5, 0.6) is 0 Å². The summed E-state index contributed by atoms with van der Waals surface area (Å²) in [6.45, 7) is 5.68. The summed E-state index contributed by atoms with van der Waals surface area (Å²) in [6, 6.07) is 0. The molecule has 0 bridgehead atoms. The first-order valence-electron chi connectivity index (χ1n) is 5.82. The molecule has 3 atom stereocenters. The number of hydrogen-bond donors (Lipinski definition) is 2. The first kappa shape index (κ1) is 10.9.